The maximum atomic E-state index is 12.5. The summed E-state index contributed by atoms with van der Waals surface area (Å²) in [5, 5.41) is 21.4. The zero-order chi connectivity index (χ0) is 20.9. The molecule has 0 amide bonds. The summed E-state index contributed by atoms with van der Waals surface area (Å²) in [6.45, 7) is 3.16. The van der Waals surface area contributed by atoms with Crippen molar-refractivity contribution < 1.29 is 28.2 Å². The highest BCUT2D eigenvalue weighted by Crippen LogP contribution is 2.12. The third-order valence-electron chi connectivity index (χ3n) is 4.10. The molecular formula is C17H22N4O6S. The lowest BCUT2D eigenvalue weighted by molar-refractivity contribution is -0.142. The van der Waals surface area contributed by atoms with Crippen molar-refractivity contribution in [3.8, 4) is 0 Å². The summed E-state index contributed by atoms with van der Waals surface area (Å²) >= 11 is 0. The lowest BCUT2D eigenvalue weighted by Crippen LogP contribution is -2.57. The molecule has 0 spiro atoms. The lowest BCUT2D eigenvalue weighted by atomic mass is 10.1. The van der Waals surface area contributed by atoms with E-state index >= 15 is 0 Å². The molecule has 0 unspecified atom stereocenters. The van der Waals surface area contributed by atoms with Gasteiger partial charge in [0.15, 0.2) is 0 Å². The molecule has 0 aliphatic heterocycles. The Labute approximate surface area is 162 Å². The van der Waals surface area contributed by atoms with E-state index in [4.69, 9.17) is 0 Å². The Hall–Kier alpha value is -2.76. The quantitative estimate of drug-likeness (QED) is 0.369. The average Bonchev–Trinajstić information content (AvgIpc) is 3.10. The number of benzene rings is 1. The van der Waals surface area contributed by atoms with E-state index in [1.54, 1.807) is 12.1 Å². The Bertz CT molecular complexity index is 912. The molecule has 0 fully saturated rings. The molecule has 0 bridgehead atoms. The van der Waals surface area contributed by atoms with E-state index in [2.05, 4.69) is 20.0 Å². The second kappa shape index (κ2) is 8.95. The van der Waals surface area contributed by atoms with Gasteiger partial charge in [0.2, 0.25) is 10.0 Å². The van der Waals surface area contributed by atoms with Crippen LogP contribution in [0.25, 0.3) is 0 Å². The van der Waals surface area contributed by atoms with Crippen LogP contribution in [0.4, 0.5) is 0 Å². The summed E-state index contributed by atoms with van der Waals surface area (Å²) in [5.74, 6) is -2.65. The molecule has 0 saturated carbocycles. The SMILES string of the molecule is Cc1ccc(S(=O)(=O)N[C@H](C)[C@H](N[C@H](Cc2cnc[nH]2)C(=O)O)C(=O)O)cc1. The predicted molar refractivity (Wildman–Crippen MR) is 99.2 cm³/mol. The number of sulfonamides is 1. The van der Waals surface area contributed by atoms with Crippen molar-refractivity contribution in [3.05, 3.63) is 48.0 Å². The van der Waals surface area contributed by atoms with Gasteiger partial charge in [0.1, 0.15) is 12.1 Å². The number of aromatic nitrogens is 2. The molecule has 2 rings (SSSR count). The summed E-state index contributed by atoms with van der Waals surface area (Å²) in [5.41, 5.74) is 1.37. The van der Waals surface area contributed by atoms with Crippen molar-refractivity contribution in [2.75, 3.05) is 0 Å². The minimum Gasteiger partial charge on any atom is -0.480 e. The summed E-state index contributed by atoms with van der Waals surface area (Å²) in [4.78, 5) is 29.7. The number of aryl methyl sites for hydroxylation is 1. The number of nitrogens with one attached hydrogen (secondary N) is 3. The Kier molecular flexibility index (Phi) is 6.89. The van der Waals surface area contributed by atoms with E-state index in [1.807, 2.05) is 6.92 Å². The largest absolute Gasteiger partial charge is 0.480 e. The van der Waals surface area contributed by atoms with Crippen molar-refractivity contribution in [2.24, 2.45) is 0 Å². The normalized spacial score (nSPS) is 14.9. The van der Waals surface area contributed by atoms with Crippen molar-refractivity contribution >= 4 is 22.0 Å². The van der Waals surface area contributed by atoms with E-state index < -0.39 is 40.1 Å². The van der Waals surface area contributed by atoms with Gasteiger partial charge in [0.25, 0.3) is 0 Å². The minimum atomic E-state index is -3.98. The molecule has 10 nitrogen and oxygen atoms in total. The zero-order valence-corrected chi connectivity index (χ0v) is 16.1. The molecule has 0 aliphatic rings. The number of imidazole rings is 1. The van der Waals surface area contributed by atoms with Gasteiger partial charge in [-0.05, 0) is 26.0 Å². The van der Waals surface area contributed by atoms with Gasteiger partial charge in [-0.1, -0.05) is 17.7 Å². The molecule has 2 aromatic rings. The number of nitrogens with zero attached hydrogens (tertiary/aromatic N) is 1. The molecule has 0 saturated heterocycles. The third-order valence-corrected chi connectivity index (χ3v) is 5.67. The molecular weight excluding hydrogens is 388 g/mol. The monoisotopic (exact) mass is 410 g/mol. The van der Waals surface area contributed by atoms with Crippen LogP contribution in [0.1, 0.15) is 18.2 Å². The van der Waals surface area contributed by atoms with E-state index in [9.17, 15) is 28.2 Å². The molecule has 152 valence electrons. The van der Waals surface area contributed by atoms with Crippen molar-refractivity contribution in [1.82, 2.24) is 20.0 Å². The molecule has 1 heterocycles. The first-order valence-electron chi connectivity index (χ1n) is 8.38. The average molecular weight is 410 g/mol. The number of hydrogen-bond donors (Lipinski definition) is 5. The van der Waals surface area contributed by atoms with Crippen LogP contribution in [-0.4, -0.2) is 58.7 Å². The number of H-pyrrole nitrogens is 1. The first-order valence-corrected chi connectivity index (χ1v) is 9.86. The Morgan fingerprint density at radius 2 is 1.82 bits per heavy atom. The maximum Gasteiger partial charge on any atom is 0.322 e. The first kappa shape index (κ1) is 21.5. The number of aliphatic carboxylic acids is 2. The number of rotatable bonds is 10. The van der Waals surface area contributed by atoms with Gasteiger partial charge in [-0.15, -0.1) is 0 Å². The van der Waals surface area contributed by atoms with Crippen LogP contribution in [-0.2, 0) is 26.0 Å². The fourth-order valence-electron chi connectivity index (χ4n) is 2.58. The van der Waals surface area contributed by atoms with Gasteiger partial charge in [0.05, 0.1) is 11.2 Å². The van der Waals surface area contributed by atoms with Crippen LogP contribution in [0, 0.1) is 6.92 Å². The fraction of sp³-hybridized carbons (Fsp3) is 0.353. The van der Waals surface area contributed by atoms with Crippen molar-refractivity contribution in [2.45, 2.75) is 43.3 Å². The fourth-order valence-corrected chi connectivity index (χ4v) is 3.83. The second-order valence-corrected chi connectivity index (χ2v) is 8.09. The number of carboxylic acids is 2. The standard InChI is InChI=1S/C17H22N4O6S/c1-10-3-5-13(6-4-10)28(26,27)21-11(2)15(17(24)25)20-14(16(22)23)7-12-8-18-9-19-12/h3-6,8-9,11,14-15,20-21H,7H2,1-2H3,(H,18,19)(H,22,23)(H,24,25)/t11-,14-,15+/m1/s1. The third kappa shape index (κ3) is 5.62. The summed E-state index contributed by atoms with van der Waals surface area (Å²) in [6.07, 6.45) is 2.76. The van der Waals surface area contributed by atoms with E-state index in [0.717, 1.165) is 5.56 Å². The summed E-state index contributed by atoms with van der Waals surface area (Å²) in [7, 11) is -3.98. The smallest absolute Gasteiger partial charge is 0.322 e. The van der Waals surface area contributed by atoms with E-state index in [1.165, 1.54) is 31.6 Å². The molecule has 1 aromatic heterocycles. The van der Waals surface area contributed by atoms with Crippen LogP contribution in [0.2, 0.25) is 0 Å². The molecule has 5 N–H and O–H groups in total. The number of aromatic amines is 1. The Balaban J connectivity index is 2.16. The molecule has 28 heavy (non-hydrogen) atoms. The molecule has 11 heteroatoms. The van der Waals surface area contributed by atoms with E-state index in [-0.39, 0.29) is 11.3 Å². The highest BCUT2D eigenvalue weighted by Gasteiger charge is 2.33. The highest BCUT2D eigenvalue weighted by atomic mass is 32.2. The molecule has 3 atom stereocenters. The Morgan fingerprint density at radius 3 is 2.32 bits per heavy atom. The zero-order valence-electron chi connectivity index (χ0n) is 15.3. The first-order chi connectivity index (χ1) is 13.1. The van der Waals surface area contributed by atoms with Gasteiger partial charge in [-0.2, -0.15) is 0 Å². The number of carboxylic acid groups (broad SMARTS) is 2. The van der Waals surface area contributed by atoms with E-state index in [0.29, 0.717) is 5.69 Å². The van der Waals surface area contributed by atoms with Crippen LogP contribution in [0.15, 0.2) is 41.7 Å². The van der Waals surface area contributed by atoms with Crippen LogP contribution in [0.3, 0.4) is 0 Å². The van der Waals surface area contributed by atoms with Crippen molar-refractivity contribution in [3.63, 3.8) is 0 Å². The summed E-state index contributed by atoms with van der Waals surface area (Å²) < 4.78 is 27.3. The topological polar surface area (TPSA) is 161 Å². The van der Waals surface area contributed by atoms with Crippen LogP contribution >= 0.6 is 0 Å². The van der Waals surface area contributed by atoms with Gasteiger partial charge in [0, 0.05) is 24.4 Å². The minimum absolute atomic E-state index is 0.0127. The van der Waals surface area contributed by atoms with Crippen molar-refractivity contribution in [1.29, 1.82) is 0 Å². The second-order valence-electron chi connectivity index (χ2n) is 6.38. The van der Waals surface area contributed by atoms with Crippen LogP contribution < -0.4 is 10.0 Å². The molecule has 0 aliphatic carbocycles. The Morgan fingerprint density at radius 1 is 1.18 bits per heavy atom. The molecule has 0 radical (unpaired) electrons. The number of carbonyl (C=O) groups is 2. The molecule has 1 aromatic carbocycles. The van der Waals surface area contributed by atoms with Crippen LogP contribution in [0.5, 0.6) is 0 Å². The maximum absolute atomic E-state index is 12.5. The summed E-state index contributed by atoms with van der Waals surface area (Å²) in [6, 6.07) is 2.22. The van der Waals surface area contributed by atoms with Gasteiger partial charge < -0.3 is 15.2 Å². The predicted octanol–water partition coefficient (Wildman–Crippen LogP) is 0.124. The number of hydrogen-bond acceptors (Lipinski definition) is 6. The highest BCUT2D eigenvalue weighted by molar-refractivity contribution is 7.89. The van der Waals surface area contributed by atoms with Gasteiger partial charge >= 0.3 is 11.9 Å². The van der Waals surface area contributed by atoms with Gasteiger partial charge in [-0.25, -0.2) is 18.1 Å². The lowest BCUT2D eigenvalue weighted by Gasteiger charge is -2.25. The van der Waals surface area contributed by atoms with Gasteiger partial charge in [-0.3, -0.25) is 14.9 Å².